The van der Waals surface area contributed by atoms with Gasteiger partial charge in [0.1, 0.15) is 0 Å². The average Bonchev–Trinajstić information content (AvgIpc) is 2.49. The Morgan fingerprint density at radius 2 is 1.95 bits per heavy atom. The Bertz CT molecular complexity index is 636. The van der Waals surface area contributed by atoms with Crippen LogP contribution in [0.15, 0.2) is 54.6 Å². The Hall–Kier alpha value is -2.10. The van der Waals surface area contributed by atoms with Gasteiger partial charge in [-0.25, -0.2) is 4.79 Å². The molecule has 0 amide bonds. The molecule has 21 heavy (non-hydrogen) atoms. The molecule has 0 aliphatic heterocycles. The molecule has 0 unspecified atom stereocenters. The maximum atomic E-state index is 10.8. The van der Waals surface area contributed by atoms with Crippen LogP contribution in [0.1, 0.15) is 21.5 Å². The highest BCUT2D eigenvalue weighted by atomic mass is 35.5. The van der Waals surface area contributed by atoms with Crippen molar-refractivity contribution in [1.29, 1.82) is 0 Å². The number of benzene rings is 2. The van der Waals surface area contributed by atoms with Crippen LogP contribution in [0.4, 0.5) is 0 Å². The number of ether oxygens (including phenoxy) is 1. The van der Waals surface area contributed by atoms with Gasteiger partial charge in [0.2, 0.25) is 0 Å². The van der Waals surface area contributed by atoms with Crippen LogP contribution in [0.2, 0.25) is 5.02 Å². The van der Waals surface area contributed by atoms with Crippen LogP contribution in [0.25, 0.3) is 6.08 Å². The average molecular weight is 303 g/mol. The molecule has 3 nitrogen and oxygen atoms in total. The van der Waals surface area contributed by atoms with Crippen molar-refractivity contribution in [2.24, 2.45) is 0 Å². The molecule has 0 atom stereocenters. The molecule has 1 N–H and O–H groups in total. The van der Waals surface area contributed by atoms with Gasteiger partial charge in [-0.2, -0.15) is 0 Å². The van der Waals surface area contributed by atoms with Crippen LogP contribution >= 0.6 is 11.6 Å². The van der Waals surface area contributed by atoms with Gasteiger partial charge in [-0.15, -0.1) is 0 Å². The van der Waals surface area contributed by atoms with Crippen molar-refractivity contribution in [3.8, 4) is 0 Å². The third kappa shape index (κ3) is 4.74. The summed E-state index contributed by atoms with van der Waals surface area (Å²) in [6.45, 7) is 0.809. The maximum absolute atomic E-state index is 10.8. The summed E-state index contributed by atoms with van der Waals surface area (Å²) in [5, 5.41) is 9.26. The number of halogens is 1. The Kier molecular flexibility index (Phi) is 5.55. The molecule has 0 heterocycles. The molecule has 0 saturated carbocycles. The lowest BCUT2D eigenvalue weighted by Gasteiger charge is -2.05. The zero-order valence-corrected chi connectivity index (χ0v) is 12.1. The Morgan fingerprint density at radius 3 is 2.62 bits per heavy atom. The van der Waals surface area contributed by atoms with Gasteiger partial charge in [0.25, 0.3) is 0 Å². The first-order chi connectivity index (χ1) is 10.2. The molecule has 4 heteroatoms. The van der Waals surface area contributed by atoms with E-state index in [-0.39, 0.29) is 5.56 Å². The molecule has 0 bridgehead atoms. The van der Waals surface area contributed by atoms with Crippen molar-refractivity contribution < 1.29 is 14.6 Å². The predicted molar refractivity (Wildman–Crippen MR) is 83.5 cm³/mol. The number of rotatable bonds is 6. The largest absolute Gasteiger partial charge is 0.478 e. The first kappa shape index (κ1) is 15.3. The van der Waals surface area contributed by atoms with E-state index in [9.17, 15) is 4.79 Å². The van der Waals surface area contributed by atoms with E-state index in [0.29, 0.717) is 18.2 Å². The summed E-state index contributed by atoms with van der Waals surface area (Å²) in [6.07, 6.45) is 3.91. The minimum atomic E-state index is -0.991. The fourth-order valence-electron chi connectivity index (χ4n) is 1.78. The van der Waals surface area contributed by atoms with Crippen LogP contribution in [-0.4, -0.2) is 17.7 Å². The zero-order valence-electron chi connectivity index (χ0n) is 11.3. The quantitative estimate of drug-likeness (QED) is 0.811. The molecule has 2 aromatic rings. The van der Waals surface area contributed by atoms with E-state index < -0.39 is 5.97 Å². The van der Waals surface area contributed by atoms with Crippen molar-refractivity contribution in [2.45, 2.75) is 6.61 Å². The van der Waals surface area contributed by atoms with Crippen LogP contribution in [0.3, 0.4) is 0 Å². The third-order valence-corrected chi connectivity index (χ3v) is 3.23. The molecule has 0 aliphatic carbocycles. The normalized spacial score (nSPS) is 10.9. The molecule has 0 radical (unpaired) electrons. The summed E-state index contributed by atoms with van der Waals surface area (Å²) in [6, 6.07) is 14.6. The molecule has 2 aromatic carbocycles. The second kappa shape index (κ2) is 7.62. The van der Waals surface area contributed by atoms with Crippen LogP contribution in [-0.2, 0) is 11.3 Å². The van der Waals surface area contributed by atoms with Crippen LogP contribution in [0, 0.1) is 0 Å². The number of hydrogen-bond donors (Lipinski definition) is 1. The first-order valence-corrected chi connectivity index (χ1v) is 6.85. The molecule has 2 rings (SSSR count). The van der Waals surface area contributed by atoms with Crippen molar-refractivity contribution in [3.05, 3.63) is 76.3 Å². The molecule has 0 spiro atoms. The van der Waals surface area contributed by atoms with Gasteiger partial charge in [-0.05, 0) is 23.3 Å². The molecular formula is C17H15ClO3. The second-order valence-corrected chi connectivity index (χ2v) is 4.85. The van der Waals surface area contributed by atoms with Gasteiger partial charge in [-0.3, -0.25) is 0 Å². The standard InChI is InChI=1S/C17H15ClO3/c18-16-11-14(17(19)20)8-9-15(16)12-21-10-4-7-13-5-2-1-3-6-13/h1-9,11H,10,12H2,(H,19,20)/b7-4+. The summed E-state index contributed by atoms with van der Waals surface area (Å²) < 4.78 is 5.50. The summed E-state index contributed by atoms with van der Waals surface area (Å²) in [4.78, 5) is 10.8. The topological polar surface area (TPSA) is 46.5 Å². The summed E-state index contributed by atoms with van der Waals surface area (Å²) in [7, 11) is 0. The smallest absolute Gasteiger partial charge is 0.335 e. The van der Waals surface area contributed by atoms with E-state index in [1.54, 1.807) is 6.07 Å². The van der Waals surface area contributed by atoms with E-state index in [2.05, 4.69) is 0 Å². The highest BCUT2D eigenvalue weighted by Gasteiger charge is 2.06. The van der Waals surface area contributed by atoms with Gasteiger partial charge < -0.3 is 9.84 Å². The molecule has 0 aliphatic rings. The first-order valence-electron chi connectivity index (χ1n) is 6.48. The Labute approximate surface area is 128 Å². The Balaban J connectivity index is 1.84. The van der Waals surface area contributed by atoms with E-state index in [1.165, 1.54) is 12.1 Å². The number of aromatic carboxylic acids is 1. The van der Waals surface area contributed by atoms with Crippen molar-refractivity contribution in [1.82, 2.24) is 0 Å². The molecule has 0 aromatic heterocycles. The van der Waals surface area contributed by atoms with Crippen molar-refractivity contribution >= 4 is 23.6 Å². The van der Waals surface area contributed by atoms with Crippen molar-refractivity contribution in [2.75, 3.05) is 6.61 Å². The van der Waals surface area contributed by atoms with Gasteiger partial charge in [0.15, 0.2) is 0 Å². The Morgan fingerprint density at radius 1 is 1.19 bits per heavy atom. The summed E-state index contributed by atoms with van der Waals surface area (Å²) in [5.41, 5.74) is 2.06. The predicted octanol–water partition coefficient (Wildman–Crippen LogP) is 4.27. The minimum Gasteiger partial charge on any atom is -0.478 e. The lowest BCUT2D eigenvalue weighted by Crippen LogP contribution is -1.99. The highest BCUT2D eigenvalue weighted by molar-refractivity contribution is 6.31. The molecule has 0 saturated heterocycles. The van der Waals surface area contributed by atoms with Crippen LogP contribution < -0.4 is 0 Å². The third-order valence-electron chi connectivity index (χ3n) is 2.88. The second-order valence-electron chi connectivity index (χ2n) is 4.44. The number of carboxylic acids is 1. The van der Waals surface area contributed by atoms with Crippen LogP contribution in [0.5, 0.6) is 0 Å². The molecule has 108 valence electrons. The summed E-state index contributed by atoms with van der Waals surface area (Å²) in [5.74, 6) is -0.991. The van der Waals surface area contributed by atoms with Gasteiger partial charge in [-0.1, -0.05) is 60.2 Å². The highest BCUT2D eigenvalue weighted by Crippen LogP contribution is 2.19. The lowest BCUT2D eigenvalue weighted by molar-refractivity contribution is 0.0696. The molecular weight excluding hydrogens is 288 g/mol. The fourth-order valence-corrected chi connectivity index (χ4v) is 2.02. The molecule has 0 fully saturated rings. The van der Waals surface area contributed by atoms with E-state index in [4.69, 9.17) is 21.4 Å². The lowest BCUT2D eigenvalue weighted by atomic mass is 10.1. The van der Waals surface area contributed by atoms with E-state index >= 15 is 0 Å². The van der Waals surface area contributed by atoms with Gasteiger partial charge in [0.05, 0.1) is 18.8 Å². The SMILES string of the molecule is O=C(O)c1ccc(COC/C=C/c2ccccc2)c(Cl)c1. The summed E-state index contributed by atoms with van der Waals surface area (Å²) >= 11 is 6.02. The van der Waals surface area contributed by atoms with Gasteiger partial charge >= 0.3 is 5.97 Å². The number of hydrogen-bond acceptors (Lipinski definition) is 2. The monoisotopic (exact) mass is 302 g/mol. The minimum absolute atomic E-state index is 0.174. The fraction of sp³-hybridized carbons (Fsp3) is 0.118. The van der Waals surface area contributed by atoms with E-state index in [0.717, 1.165) is 11.1 Å². The maximum Gasteiger partial charge on any atom is 0.335 e. The zero-order chi connectivity index (χ0) is 15.1. The van der Waals surface area contributed by atoms with E-state index in [1.807, 2.05) is 42.5 Å². The van der Waals surface area contributed by atoms with Gasteiger partial charge in [0, 0.05) is 5.02 Å². The number of carbonyl (C=O) groups is 1. The van der Waals surface area contributed by atoms with Crippen molar-refractivity contribution in [3.63, 3.8) is 0 Å². The number of carboxylic acid groups (broad SMARTS) is 1.